The van der Waals surface area contributed by atoms with Crippen molar-refractivity contribution in [1.29, 1.82) is 5.26 Å². The molecule has 0 atom stereocenters. The second-order valence-electron chi connectivity index (χ2n) is 2.79. The molecule has 0 aliphatic carbocycles. The van der Waals surface area contributed by atoms with Gasteiger partial charge in [-0.25, -0.2) is 4.79 Å². The number of carbonyl (C=O) groups excluding carboxylic acids is 1. The number of esters is 1. The average molecular weight is 207 g/mol. The van der Waals surface area contributed by atoms with Crippen LogP contribution < -0.4 is 0 Å². The molecule has 0 aliphatic heterocycles. The minimum absolute atomic E-state index is 0.412. The van der Waals surface area contributed by atoms with Crippen LogP contribution in [0.5, 0.6) is 0 Å². The van der Waals surface area contributed by atoms with Gasteiger partial charge in [0.05, 0.1) is 24.3 Å². The monoisotopic (exact) mass is 207 g/mol. The summed E-state index contributed by atoms with van der Waals surface area (Å²) in [4.78, 5) is 11.8. The lowest BCUT2D eigenvalue weighted by atomic mass is 10.1. The zero-order valence-electron chi connectivity index (χ0n) is 7.87. The van der Waals surface area contributed by atoms with E-state index in [0.717, 1.165) is 0 Å². The second kappa shape index (κ2) is 4.16. The first kappa shape index (κ1) is 10.6. The number of hydrogen-bond donors (Lipinski definition) is 1. The summed E-state index contributed by atoms with van der Waals surface area (Å²) in [6.07, 6.45) is 0. The maximum absolute atomic E-state index is 11.3. The van der Waals surface area contributed by atoms with Crippen molar-refractivity contribution < 1.29 is 9.53 Å². The van der Waals surface area contributed by atoms with Crippen molar-refractivity contribution >= 4 is 18.6 Å². The number of carbonyl (C=O) groups is 1. The number of nitrogens with zero attached hydrogens (tertiary/aromatic N) is 1. The number of methoxy groups -OCH3 is 1. The lowest BCUT2D eigenvalue weighted by Gasteiger charge is -2.06. The summed E-state index contributed by atoms with van der Waals surface area (Å²) < 4.78 is 4.60. The molecule has 4 heteroatoms. The molecule has 0 spiro atoms. The molecule has 0 fully saturated rings. The van der Waals surface area contributed by atoms with Crippen LogP contribution in [0.4, 0.5) is 0 Å². The van der Waals surface area contributed by atoms with Crippen LogP contribution in [0.2, 0.25) is 0 Å². The molecule has 0 aromatic heterocycles. The smallest absolute Gasteiger partial charge is 0.339 e. The van der Waals surface area contributed by atoms with Gasteiger partial charge in [0.1, 0.15) is 0 Å². The third kappa shape index (κ3) is 1.88. The van der Waals surface area contributed by atoms with E-state index in [9.17, 15) is 4.79 Å². The van der Waals surface area contributed by atoms with E-state index < -0.39 is 5.97 Å². The molecule has 1 rings (SSSR count). The van der Waals surface area contributed by atoms with E-state index >= 15 is 0 Å². The zero-order valence-corrected chi connectivity index (χ0v) is 8.76. The maximum atomic E-state index is 11.3. The molecule has 0 aliphatic rings. The molecule has 0 N–H and O–H groups in total. The number of benzene rings is 1. The molecule has 1 aromatic carbocycles. The molecule has 14 heavy (non-hydrogen) atoms. The van der Waals surface area contributed by atoms with Crippen molar-refractivity contribution in [3.8, 4) is 6.07 Å². The van der Waals surface area contributed by atoms with Gasteiger partial charge >= 0.3 is 5.97 Å². The van der Waals surface area contributed by atoms with E-state index in [2.05, 4.69) is 17.4 Å². The fourth-order valence-electron chi connectivity index (χ4n) is 1.20. The second-order valence-corrected chi connectivity index (χ2v) is 3.27. The highest BCUT2D eigenvalue weighted by atomic mass is 32.1. The predicted octanol–water partition coefficient (Wildman–Crippen LogP) is 1.94. The van der Waals surface area contributed by atoms with Gasteiger partial charge in [-0.1, -0.05) is 0 Å². The first-order valence-electron chi connectivity index (χ1n) is 3.92. The molecule has 3 nitrogen and oxygen atoms in total. The standard InChI is InChI=1S/C10H9NO2S/c1-6-3-7(5-11)4-8(14)9(6)10(12)13-2/h3-4,14H,1-2H3. The number of nitriles is 1. The molecule has 0 unspecified atom stereocenters. The van der Waals surface area contributed by atoms with Crippen LogP contribution in [0.15, 0.2) is 17.0 Å². The Morgan fingerprint density at radius 2 is 2.21 bits per heavy atom. The summed E-state index contributed by atoms with van der Waals surface area (Å²) in [6.45, 7) is 1.74. The Morgan fingerprint density at radius 1 is 1.57 bits per heavy atom. The van der Waals surface area contributed by atoms with Gasteiger partial charge in [-0.3, -0.25) is 0 Å². The maximum Gasteiger partial charge on any atom is 0.339 e. The molecule has 0 bridgehead atoms. The molecule has 0 saturated carbocycles. The molecular formula is C10H9NO2S. The van der Waals surface area contributed by atoms with Crippen molar-refractivity contribution in [2.45, 2.75) is 11.8 Å². The lowest BCUT2D eigenvalue weighted by Crippen LogP contribution is -2.05. The first-order valence-corrected chi connectivity index (χ1v) is 4.37. The van der Waals surface area contributed by atoms with E-state index in [0.29, 0.717) is 21.6 Å². The van der Waals surface area contributed by atoms with Gasteiger partial charge in [0.25, 0.3) is 0 Å². The van der Waals surface area contributed by atoms with E-state index in [1.807, 2.05) is 6.07 Å². The average Bonchev–Trinajstić information content (AvgIpc) is 2.16. The van der Waals surface area contributed by atoms with Crippen LogP contribution in [0.3, 0.4) is 0 Å². The third-order valence-corrected chi connectivity index (χ3v) is 2.19. The molecule has 72 valence electrons. The number of ether oxygens (including phenoxy) is 1. The SMILES string of the molecule is COC(=O)c1c(C)cc(C#N)cc1S. The number of rotatable bonds is 1. The molecule has 0 amide bonds. The fraction of sp³-hybridized carbons (Fsp3) is 0.200. The van der Waals surface area contributed by atoms with Crippen molar-refractivity contribution in [2.75, 3.05) is 7.11 Å². The van der Waals surface area contributed by atoms with Crippen LogP contribution >= 0.6 is 12.6 Å². The highest BCUT2D eigenvalue weighted by molar-refractivity contribution is 7.80. The Morgan fingerprint density at radius 3 is 2.64 bits per heavy atom. The zero-order chi connectivity index (χ0) is 10.7. The molecule has 0 radical (unpaired) electrons. The summed E-state index contributed by atoms with van der Waals surface area (Å²) in [7, 11) is 1.31. The summed E-state index contributed by atoms with van der Waals surface area (Å²) in [6, 6.07) is 5.17. The Kier molecular flexibility index (Phi) is 3.15. The highest BCUT2D eigenvalue weighted by Gasteiger charge is 2.13. The summed E-state index contributed by atoms with van der Waals surface area (Å²) in [5.74, 6) is -0.433. The van der Waals surface area contributed by atoms with Crippen molar-refractivity contribution in [3.63, 3.8) is 0 Å². The van der Waals surface area contributed by atoms with Gasteiger partial charge in [0.2, 0.25) is 0 Å². The minimum Gasteiger partial charge on any atom is -0.465 e. The van der Waals surface area contributed by atoms with Crippen LogP contribution in [-0.4, -0.2) is 13.1 Å². The number of hydrogen-bond acceptors (Lipinski definition) is 4. The molecule has 0 saturated heterocycles. The molecule has 0 heterocycles. The Balaban J connectivity index is 3.34. The largest absolute Gasteiger partial charge is 0.465 e. The summed E-state index contributed by atoms with van der Waals surface area (Å²) in [5, 5.41) is 8.67. The fourth-order valence-corrected chi connectivity index (χ4v) is 1.61. The van der Waals surface area contributed by atoms with E-state index in [4.69, 9.17) is 5.26 Å². The van der Waals surface area contributed by atoms with Gasteiger partial charge in [0, 0.05) is 4.90 Å². The quantitative estimate of drug-likeness (QED) is 0.565. The van der Waals surface area contributed by atoms with Gasteiger partial charge in [-0.2, -0.15) is 5.26 Å². The number of thiol groups is 1. The number of aryl methyl sites for hydroxylation is 1. The Hall–Kier alpha value is -1.47. The molecule has 1 aromatic rings. The van der Waals surface area contributed by atoms with E-state index in [-0.39, 0.29) is 0 Å². The van der Waals surface area contributed by atoms with E-state index in [1.54, 1.807) is 19.1 Å². The van der Waals surface area contributed by atoms with Crippen LogP contribution in [0.25, 0.3) is 0 Å². The molecular weight excluding hydrogens is 198 g/mol. The van der Waals surface area contributed by atoms with Crippen LogP contribution in [0.1, 0.15) is 21.5 Å². The predicted molar refractivity (Wildman–Crippen MR) is 54.5 cm³/mol. The Labute approximate surface area is 87.7 Å². The van der Waals surface area contributed by atoms with Crippen LogP contribution in [0, 0.1) is 18.3 Å². The minimum atomic E-state index is -0.433. The Bertz CT molecular complexity index is 398. The van der Waals surface area contributed by atoms with Gasteiger partial charge in [0.15, 0.2) is 0 Å². The lowest BCUT2D eigenvalue weighted by molar-refractivity contribution is 0.0596. The first-order chi connectivity index (χ1) is 6.60. The van der Waals surface area contributed by atoms with Crippen molar-refractivity contribution in [1.82, 2.24) is 0 Å². The van der Waals surface area contributed by atoms with Crippen molar-refractivity contribution in [2.24, 2.45) is 0 Å². The van der Waals surface area contributed by atoms with Crippen LogP contribution in [-0.2, 0) is 4.74 Å². The van der Waals surface area contributed by atoms with Gasteiger partial charge in [-0.05, 0) is 24.6 Å². The third-order valence-electron chi connectivity index (χ3n) is 1.83. The van der Waals surface area contributed by atoms with Gasteiger partial charge < -0.3 is 4.74 Å². The normalized spacial score (nSPS) is 9.29. The van der Waals surface area contributed by atoms with Crippen molar-refractivity contribution in [3.05, 3.63) is 28.8 Å². The highest BCUT2D eigenvalue weighted by Crippen LogP contribution is 2.21. The van der Waals surface area contributed by atoms with E-state index in [1.165, 1.54) is 7.11 Å². The summed E-state index contributed by atoms with van der Waals surface area (Å²) >= 11 is 4.13. The summed E-state index contributed by atoms with van der Waals surface area (Å²) in [5.41, 5.74) is 1.59. The van der Waals surface area contributed by atoms with Gasteiger partial charge in [-0.15, -0.1) is 12.6 Å². The topological polar surface area (TPSA) is 50.1 Å².